The zero-order valence-electron chi connectivity index (χ0n) is 23.2. The van der Waals surface area contributed by atoms with E-state index in [0.29, 0.717) is 23.1 Å². The fourth-order valence-corrected chi connectivity index (χ4v) is 5.52. The van der Waals surface area contributed by atoms with Crippen molar-refractivity contribution in [2.24, 2.45) is 0 Å². The largest absolute Gasteiger partial charge is 0.494 e. The van der Waals surface area contributed by atoms with Gasteiger partial charge in [-0.25, -0.2) is 8.42 Å². The number of sulfonamides is 1. The van der Waals surface area contributed by atoms with Crippen molar-refractivity contribution in [3.63, 3.8) is 0 Å². The van der Waals surface area contributed by atoms with Crippen molar-refractivity contribution in [3.05, 3.63) is 89.4 Å². The Morgan fingerprint density at radius 1 is 0.925 bits per heavy atom. The topological polar surface area (TPSA) is 96.0 Å². The summed E-state index contributed by atoms with van der Waals surface area (Å²) >= 11 is 6.05. The molecule has 3 aromatic carbocycles. The Labute approximate surface area is 241 Å². The van der Waals surface area contributed by atoms with E-state index in [2.05, 4.69) is 5.32 Å². The summed E-state index contributed by atoms with van der Waals surface area (Å²) in [6.45, 7) is 7.37. The van der Waals surface area contributed by atoms with Crippen LogP contribution in [0.4, 0.5) is 5.69 Å². The predicted octanol–water partition coefficient (Wildman–Crippen LogP) is 5.27. The Morgan fingerprint density at radius 2 is 1.55 bits per heavy atom. The molecule has 0 aliphatic rings. The minimum absolute atomic E-state index is 0.0449. The van der Waals surface area contributed by atoms with E-state index in [0.717, 1.165) is 16.3 Å². The fourth-order valence-electron chi connectivity index (χ4n) is 3.96. The molecule has 3 aromatic rings. The van der Waals surface area contributed by atoms with Gasteiger partial charge in [-0.1, -0.05) is 48.9 Å². The molecule has 1 N–H and O–H groups in total. The molecule has 0 saturated heterocycles. The number of nitrogens with one attached hydrogen (secondary N) is 1. The number of anilines is 1. The van der Waals surface area contributed by atoms with Crippen LogP contribution in [0.2, 0.25) is 5.02 Å². The highest BCUT2D eigenvalue weighted by molar-refractivity contribution is 7.92. The monoisotopic (exact) mass is 585 g/mol. The van der Waals surface area contributed by atoms with Crippen molar-refractivity contribution >= 4 is 39.1 Å². The maximum atomic E-state index is 13.9. The lowest BCUT2D eigenvalue weighted by Crippen LogP contribution is -2.52. The van der Waals surface area contributed by atoms with Gasteiger partial charge in [0.1, 0.15) is 18.3 Å². The molecule has 40 heavy (non-hydrogen) atoms. The molecule has 10 heteroatoms. The van der Waals surface area contributed by atoms with Crippen molar-refractivity contribution in [1.29, 1.82) is 0 Å². The summed E-state index contributed by atoms with van der Waals surface area (Å²) in [4.78, 5) is 28.5. The van der Waals surface area contributed by atoms with Crippen LogP contribution in [0.5, 0.6) is 5.75 Å². The summed E-state index contributed by atoms with van der Waals surface area (Å²) in [5.41, 5.74) is 1.04. The fraction of sp³-hybridized carbons (Fsp3) is 0.333. The molecule has 0 spiro atoms. The number of ether oxygens (including phenoxy) is 1. The number of hydrogen-bond donors (Lipinski definition) is 1. The maximum Gasteiger partial charge on any atom is 0.264 e. The van der Waals surface area contributed by atoms with Crippen LogP contribution in [-0.2, 0) is 26.2 Å². The van der Waals surface area contributed by atoms with Crippen LogP contribution in [0.1, 0.15) is 39.7 Å². The SMILES string of the molecule is CCOc1ccc(N(CC(=O)N(Cc2ccc(Cl)cc2)[C@@H](C)C(=O)N[C@H](C)CC)S(=O)(=O)c2ccccc2)cc1. The molecule has 3 rings (SSSR count). The molecule has 214 valence electrons. The minimum Gasteiger partial charge on any atom is -0.494 e. The molecular formula is C30H36ClN3O5S. The van der Waals surface area contributed by atoms with Gasteiger partial charge in [0.05, 0.1) is 17.2 Å². The van der Waals surface area contributed by atoms with Crippen LogP contribution in [-0.4, -0.2) is 50.4 Å². The first kappa shape index (κ1) is 31.0. The number of carbonyl (C=O) groups is 2. The average Bonchev–Trinajstić information content (AvgIpc) is 2.96. The molecule has 0 saturated carbocycles. The Bertz CT molecular complexity index is 1370. The molecule has 0 radical (unpaired) electrons. The highest BCUT2D eigenvalue weighted by Gasteiger charge is 2.32. The molecule has 2 amide bonds. The van der Waals surface area contributed by atoms with Crippen LogP contribution >= 0.6 is 11.6 Å². The Balaban J connectivity index is 2.01. The van der Waals surface area contributed by atoms with E-state index in [1.165, 1.54) is 17.0 Å². The summed E-state index contributed by atoms with van der Waals surface area (Å²) in [6, 6.07) is 20.4. The number of hydrogen-bond acceptors (Lipinski definition) is 5. The second kappa shape index (κ2) is 14.2. The van der Waals surface area contributed by atoms with E-state index in [9.17, 15) is 18.0 Å². The molecule has 0 aromatic heterocycles. The van der Waals surface area contributed by atoms with E-state index in [4.69, 9.17) is 16.3 Å². The molecule has 0 fully saturated rings. The lowest BCUT2D eigenvalue weighted by Gasteiger charge is -2.32. The summed E-state index contributed by atoms with van der Waals surface area (Å²) in [5, 5.41) is 3.46. The number of benzene rings is 3. The van der Waals surface area contributed by atoms with Crippen molar-refractivity contribution in [1.82, 2.24) is 10.2 Å². The normalized spacial score (nSPS) is 12.7. The number of rotatable bonds is 13. The zero-order chi connectivity index (χ0) is 29.3. The highest BCUT2D eigenvalue weighted by atomic mass is 35.5. The summed E-state index contributed by atoms with van der Waals surface area (Å²) < 4.78 is 34.2. The molecule has 0 bridgehead atoms. The molecule has 0 aliphatic carbocycles. The third kappa shape index (κ3) is 7.99. The predicted molar refractivity (Wildman–Crippen MR) is 158 cm³/mol. The van der Waals surface area contributed by atoms with Gasteiger partial charge < -0.3 is 15.0 Å². The van der Waals surface area contributed by atoms with Crippen LogP contribution in [0.3, 0.4) is 0 Å². The minimum atomic E-state index is -4.13. The van der Waals surface area contributed by atoms with E-state index in [-0.39, 0.29) is 23.4 Å². The van der Waals surface area contributed by atoms with Gasteiger partial charge in [-0.3, -0.25) is 13.9 Å². The van der Waals surface area contributed by atoms with Gasteiger partial charge in [-0.2, -0.15) is 0 Å². The Kier molecular flexibility index (Phi) is 11.0. The molecule has 0 heterocycles. The lowest BCUT2D eigenvalue weighted by molar-refractivity contribution is -0.139. The quantitative estimate of drug-likeness (QED) is 0.295. The molecule has 8 nitrogen and oxygen atoms in total. The summed E-state index contributed by atoms with van der Waals surface area (Å²) in [6.07, 6.45) is 0.727. The Morgan fingerprint density at radius 3 is 2.12 bits per heavy atom. The van der Waals surface area contributed by atoms with Gasteiger partial charge >= 0.3 is 0 Å². The van der Waals surface area contributed by atoms with Gasteiger partial charge in [0, 0.05) is 17.6 Å². The van der Waals surface area contributed by atoms with Crippen LogP contribution in [0, 0.1) is 0 Å². The first-order valence-corrected chi connectivity index (χ1v) is 15.0. The van der Waals surface area contributed by atoms with Gasteiger partial charge in [-0.05, 0) is 81.3 Å². The summed E-state index contributed by atoms with van der Waals surface area (Å²) in [5.74, 6) is -0.278. The molecular weight excluding hydrogens is 550 g/mol. The first-order chi connectivity index (χ1) is 19.1. The van der Waals surface area contributed by atoms with Gasteiger partial charge in [0.2, 0.25) is 11.8 Å². The van der Waals surface area contributed by atoms with Gasteiger partial charge in [0.15, 0.2) is 0 Å². The molecule has 2 atom stereocenters. The second-order valence-corrected chi connectivity index (χ2v) is 11.7. The standard InChI is InChI=1S/C30H36ClN3O5S/c1-5-22(3)32-30(36)23(4)33(20-24-12-14-25(31)15-13-24)29(35)21-34(26-16-18-27(19-17-26)39-6-2)40(37,38)28-10-8-7-9-11-28/h7-19,22-23H,5-6,20-21H2,1-4H3,(H,32,36)/t22-,23+/m1/s1. The highest BCUT2D eigenvalue weighted by Crippen LogP contribution is 2.26. The van der Waals surface area contributed by atoms with Crippen molar-refractivity contribution < 1.29 is 22.7 Å². The van der Waals surface area contributed by atoms with E-state index < -0.39 is 28.5 Å². The lowest BCUT2D eigenvalue weighted by atomic mass is 10.1. The third-order valence-corrected chi connectivity index (χ3v) is 8.52. The number of amides is 2. The van der Waals surface area contributed by atoms with Crippen LogP contribution < -0.4 is 14.4 Å². The third-order valence-electron chi connectivity index (χ3n) is 6.48. The first-order valence-electron chi connectivity index (χ1n) is 13.2. The molecule has 0 unspecified atom stereocenters. The van der Waals surface area contributed by atoms with Gasteiger partial charge in [-0.15, -0.1) is 0 Å². The van der Waals surface area contributed by atoms with E-state index in [1.807, 2.05) is 20.8 Å². The van der Waals surface area contributed by atoms with Crippen LogP contribution in [0.15, 0.2) is 83.8 Å². The average molecular weight is 586 g/mol. The summed E-state index contributed by atoms with van der Waals surface area (Å²) in [7, 11) is -4.13. The van der Waals surface area contributed by atoms with E-state index in [1.54, 1.807) is 73.7 Å². The molecule has 0 aliphatic heterocycles. The van der Waals surface area contributed by atoms with Crippen LogP contribution in [0.25, 0.3) is 0 Å². The zero-order valence-corrected chi connectivity index (χ0v) is 24.8. The number of nitrogens with zero attached hydrogens (tertiary/aromatic N) is 2. The van der Waals surface area contributed by atoms with Crippen molar-refractivity contribution in [3.8, 4) is 5.75 Å². The number of carbonyl (C=O) groups excluding carboxylic acids is 2. The van der Waals surface area contributed by atoms with Crippen molar-refractivity contribution in [2.45, 2.75) is 57.6 Å². The second-order valence-electron chi connectivity index (χ2n) is 9.39. The van der Waals surface area contributed by atoms with Gasteiger partial charge in [0.25, 0.3) is 10.0 Å². The maximum absolute atomic E-state index is 13.9. The van der Waals surface area contributed by atoms with Crippen molar-refractivity contribution in [2.75, 3.05) is 17.5 Å². The van der Waals surface area contributed by atoms with E-state index >= 15 is 0 Å². The Hall–Kier alpha value is -3.56. The number of halogens is 1. The smallest absolute Gasteiger partial charge is 0.264 e.